The largest absolute Gasteiger partial charge is 0.497 e. The number of rotatable bonds is 7. The summed E-state index contributed by atoms with van der Waals surface area (Å²) in [7, 11) is 1.62. The number of benzene rings is 3. The highest BCUT2D eigenvalue weighted by Gasteiger charge is 2.44. The van der Waals surface area contributed by atoms with E-state index in [0.717, 1.165) is 22.7 Å². The molecule has 1 aliphatic rings. The summed E-state index contributed by atoms with van der Waals surface area (Å²) < 4.78 is 20.3. The first kappa shape index (κ1) is 24.5. The zero-order valence-corrected chi connectivity index (χ0v) is 20.6. The Labute approximate surface area is 209 Å². The fourth-order valence-electron chi connectivity index (χ4n) is 4.60. The third-order valence-electron chi connectivity index (χ3n) is 6.36. The van der Waals surface area contributed by atoms with E-state index in [1.165, 1.54) is 6.07 Å². The Kier molecular flexibility index (Phi) is 7.22. The first-order valence-corrected chi connectivity index (χ1v) is 11.7. The molecular formula is C28H27ClFN3O2. The normalized spacial score (nSPS) is 18.2. The van der Waals surface area contributed by atoms with Gasteiger partial charge in [0.1, 0.15) is 11.6 Å². The number of nitrogens with zero attached hydrogens (tertiary/aromatic N) is 2. The molecule has 35 heavy (non-hydrogen) atoms. The molecule has 1 N–H and O–H groups in total. The first-order valence-electron chi connectivity index (χ1n) is 11.4. The van der Waals surface area contributed by atoms with E-state index in [4.69, 9.17) is 16.3 Å². The Morgan fingerprint density at radius 1 is 1.17 bits per heavy atom. The maximum atomic E-state index is 14.8. The smallest absolute Gasteiger partial charge is 0.271 e. The van der Waals surface area contributed by atoms with E-state index in [1.54, 1.807) is 49.7 Å². The number of halogens is 2. The van der Waals surface area contributed by atoms with Crippen LogP contribution in [0.3, 0.4) is 0 Å². The van der Waals surface area contributed by atoms with Crippen molar-refractivity contribution >= 4 is 29.4 Å². The summed E-state index contributed by atoms with van der Waals surface area (Å²) in [6.07, 6.45) is 3.75. The molecule has 0 bridgehead atoms. The van der Waals surface area contributed by atoms with Crippen LogP contribution in [-0.2, 0) is 11.8 Å². The quantitative estimate of drug-likeness (QED) is 0.319. The van der Waals surface area contributed by atoms with Crippen molar-refractivity contribution in [2.75, 3.05) is 18.6 Å². The van der Waals surface area contributed by atoms with Crippen LogP contribution < -0.4 is 15.1 Å². The number of fused-ring (bicyclic) bond motifs is 1. The molecule has 5 nitrogen and oxygen atoms in total. The third kappa shape index (κ3) is 4.80. The molecule has 3 aromatic rings. The maximum absolute atomic E-state index is 14.8. The number of hydrogen-bond acceptors (Lipinski definition) is 4. The van der Waals surface area contributed by atoms with Gasteiger partial charge in [-0.1, -0.05) is 35.9 Å². The van der Waals surface area contributed by atoms with Gasteiger partial charge < -0.3 is 9.64 Å². The fraction of sp³-hybridized carbons (Fsp3) is 0.214. The zero-order valence-electron chi connectivity index (χ0n) is 19.9. The molecule has 1 amide bonds. The van der Waals surface area contributed by atoms with E-state index in [-0.39, 0.29) is 11.7 Å². The number of ether oxygens (including phenoxy) is 1. The van der Waals surface area contributed by atoms with E-state index in [0.29, 0.717) is 29.1 Å². The fourth-order valence-corrected chi connectivity index (χ4v) is 4.83. The van der Waals surface area contributed by atoms with E-state index < -0.39 is 5.41 Å². The molecule has 0 aromatic heterocycles. The Bertz CT molecular complexity index is 1270. The van der Waals surface area contributed by atoms with E-state index in [2.05, 4.69) is 29.3 Å². The highest BCUT2D eigenvalue weighted by atomic mass is 35.5. The Morgan fingerprint density at radius 2 is 1.94 bits per heavy atom. The summed E-state index contributed by atoms with van der Waals surface area (Å²) in [6, 6.07) is 19.5. The van der Waals surface area contributed by atoms with Crippen molar-refractivity contribution in [2.24, 2.45) is 5.10 Å². The summed E-state index contributed by atoms with van der Waals surface area (Å²) in [5, 5.41) is 4.51. The third-order valence-corrected chi connectivity index (χ3v) is 6.72. The van der Waals surface area contributed by atoms with Gasteiger partial charge in [0.2, 0.25) is 0 Å². The molecule has 1 heterocycles. The molecule has 0 radical (unpaired) electrons. The standard InChI is InChI=1S/C28H27ClFN3O2/c1-4-33-25-14-13-20(35-3)17-22(25)28(2,18-21-23(29)11-8-12-24(21)30)26(33)15-16-31-32-27(34)19-9-6-5-7-10-19/h5-17H,4,18H2,1-3H3,(H,32,34)/b26-15-,31-16+. The summed E-state index contributed by atoms with van der Waals surface area (Å²) >= 11 is 6.42. The second-order valence-electron chi connectivity index (χ2n) is 8.47. The number of allylic oxidation sites excluding steroid dienone is 2. The van der Waals surface area contributed by atoms with Crippen LogP contribution in [0.5, 0.6) is 5.75 Å². The van der Waals surface area contributed by atoms with Gasteiger partial charge in [-0.3, -0.25) is 4.79 Å². The molecule has 7 heteroatoms. The Morgan fingerprint density at radius 3 is 2.63 bits per heavy atom. The first-order chi connectivity index (χ1) is 16.9. The van der Waals surface area contributed by atoms with Crippen LogP contribution in [0, 0.1) is 5.82 Å². The second kappa shape index (κ2) is 10.3. The molecule has 1 unspecified atom stereocenters. The van der Waals surface area contributed by atoms with Gasteiger partial charge in [0.25, 0.3) is 5.91 Å². The van der Waals surface area contributed by atoms with Gasteiger partial charge in [-0.25, -0.2) is 9.82 Å². The molecule has 0 fully saturated rings. The van der Waals surface area contributed by atoms with Crippen molar-refractivity contribution in [1.29, 1.82) is 0 Å². The second-order valence-corrected chi connectivity index (χ2v) is 8.88. The number of hydrogen-bond donors (Lipinski definition) is 1. The van der Waals surface area contributed by atoms with Gasteiger partial charge in [-0.15, -0.1) is 0 Å². The number of hydrazone groups is 1. The van der Waals surface area contributed by atoms with Crippen LogP contribution in [0.2, 0.25) is 5.02 Å². The van der Waals surface area contributed by atoms with Crippen molar-refractivity contribution in [3.05, 3.63) is 106 Å². The minimum absolute atomic E-state index is 0.298. The van der Waals surface area contributed by atoms with Gasteiger partial charge in [0.05, 0.1) is 7.11 Å². The van der Waals surface area contributed by atoms with E-state index >= 15 is 0 Å². The molecule has 180 valence electrons. The lowest BCUT2D eigenvalue weighted by Gasteiger charge is -2.30. The van der Waals surface area contributed by atoms with Crippen LogP contribution in [0.15, 0.2) is 83.6 Å². The van der Waals surface area contributed by atoms with Gasteiger partial charge in [0.15, 0.2) is 0 Å². The average molecular weight is 492 g/mol. The van der Waals surface area contributed by atoms with Crippen molar-refractivity contribution in [3.63, 3.8) is 0 Å². The van der Waals surface area contributed by atoms with E-state index in [1.807, 2.05) is 30.3 Å². The number of likely N-dealkylation sites (N-methyl/N-ethyl adjacent to an activating group) is 1. The molecule has 1 atom stereocenters. The summed E-state index contributed by atoms with van der Waals surface area (Å²) in [5.74, 6) is 0.0740. The highest BCUT2D eigenvalue weighted by molar-refractivity contribution is 6.31. The molecule has 0 saturated carbocycles. The van der Waals surface area contributed by atoms with Crippen LogP contribution in [0.4, 0.5) is 10.1 Å². The summed E-state index contributed by atoms with van der Waals surface area (Å²) in [6.45, 7) is 4.81. The maximum Gasteiger partial charge on any atom is 0.271 e. The molecular weight excluding hydrogens is 465 g/mol. The van der Waals surface area contributed by atoms with Crippen molar-refractivity contribution in [3.8, 4) is 5.75 Å². The lowest BCUT2D eigenvalue weighted by Crippen LogP contribution is -2.31. The number of amides is 1. The monoisotopic (exact) mass is 491 g/mol. The molecule has 3 aromatic carbocycles. The lowest BCUT2D eigenvalue weighted by molar-refractivity contribution is 0.0955. The molecule has 0 saturated heterocycles. The molecule has 0 aliphatic carbocycles. The van der Waals surface area contributed by atoms with Crippen LogP contribution >= 0.6 is 11.6 Å². The molecule has 4 rings (SSSR count). The van der Waals surface area contributed by atoms with Crippen molar-refractivity contribution < 1.29 is 13.9 Å². The van der Waals surface area contributed by atoms with Gasteiger partial charge in [-0.2, -0.15) is 5.10 Å². The number of nitrogens with one attached hydrogen (secondary N) is 1. The number of carbonyl (C=O) groups excluding carboxylic acids is 1. The van der Waals surface area contributed by atoms with Crippen LogP contribution in [-0.4, -0.2) is 25.8 Å². The minimum Gasteiger partial charge on any atom is -0.497 e. The topological polar surface area (TPSA) is 53.9 Å². The number of anilines is 1. The zero-order chi connectivity index (χ0) is 25.0. The van der Waals surface area contributed by atoms with Gasteiger partial charge >= 0.3 is 0 Å². The van der Waals surface area contributed by atoms with Crippen molar-refractivity contribution in [1.82, 2.24) is 5.43 Å². The highest BCUT2D eigenvalue weighted by Crippen LogP contribution is 2.51. The molecule has 0 spiro atoms. The summed E-state index contributed by atoms with van der Waals surface area (Å²) in [4.78, 5) is 14.5. The predicted molar refractivity (Wildman–Crippen MR) is 139 cm³/mol. The molecule has 1 aliphatic heterocycles. The SMILES string of the molecule is CCN1/C(=C\C=N\NC(=O)c2ccccc2)C(C)(Cc2c(F)cccc2Cl)c2cc(OC)ccc21. The Balaban J connectivity index is 1.73. The van der Waals surface area contributed by atoms with Crippen LogP contribution in [0.25, 0.3) is 0 Å². The van der Waals surface area contributed by atoms with E-state index in [9.17, 15) is 9.18 Å². The predicted octanol–water partition coefficient (Wildman–Crippen LogP) is 6.13. The van der Waals surface area contributed by atoms with Crippen LogP contribution in [0.1, 0.15) is 35.3 Å². The van der Waals surface area contributed by atoms with Crippen molar-refractivity contribution in [2.45, 2.75) is 25.7 Å². The lowest BCUT2D eigenvalue weighted by atomic mass is 9.76. The Hall–Kier alpha value is -3.64. The number of carbonyl (C=O) groups is 1. The minimum atomic E-state index is -0.624. The number of methoxy groups -OCH3 is 1. The average Bonchev–Trinajstić information content (AvgIpc) is 3.11. The van der Waals surface area contributed by atoms with Gasteiger partial charge in [0, 0.05) is 45.7 Å². The summed E-state index contributed by atoms with van der Waals surface area (Å²) in [5.41, 5.74) is 5.83. The van der Waals surface area contributed by atoms with Gasteiger partial charge in [-0.05, 0) is 74.4 Å².